The molecule has 2 rings (SSSR count). The van der Waals surface area contributed by atoms with E-state index in [1.807, 2.05) is 0 Å². The SMILES string of the molecule is OCC1CCCC1CNc1nc(Cl)nnc1Cl. The van der Waals surface area contributed by atoms with Crippen LogP contribution in [0.1, 0.15) is 19.3 Å². The molecular weight excluding hydrogens is 263 g/mol. The molecule has 1 aromatic rings. The molecule has 2 atom stereocenters. The van der Waals surface area contributed by atoms with E-state index in [1.54, 1.807) is 0 Å². The number of hydrogen-bond acceptors (Lipinski definition) is 5. The summed E-state index contributed by atoms with van der Waals surface area (Å²) in [6.45, 7) is 0.961. The summed E-state index contributed by atoms with van der Waals surface area (Å²) in [7, 11) is 0. The van der Waals surface area contributed by atoms with E-state index < -0.39 is 0 Å². The van der Waals surface area contributed by atoms with Crippen LogP contribution in [0.4, 0.5) is 5.82 Å². The second kappa shape index (κ2) is 5.80. The smallest absolute Gasteiger partial charge is 0.245 e. The molecule has 1 heterocycles. The Hall–Kier alpha value is -0.650. The lowest BCUT2D eigenvalue weighted by Gasteiger charge is -2.18. The molecule has 2 unspecified atom stereocenters. The van der Waals surface area contributed by atoms with Crippen LogP contribution in [0.15, 0.2) is 0 Å². The second-order valence-corrected chi connectivity index (χ2v) is 4.93. The lowest BCUT2D eigenvalue weighted by molar-refractivity contribution is 0.199. The highest BCUT2D eigenvalue weighted by Gasteiger charge is 2.26. The van der Waals surface area contributed by atoms with Crippen molar-refractivity contribution in [3.63, 3.8) is 0 Å². The van der Waals surface area contributed by atoms with Gasteiger partial charge in [0.1, 0.15) is 0 Å². The van der Waals surface area contributed by atoms with E-state index in [0.29, 0.717) is 17.7 Å². The third kappa shape index (κ3) is 3.18. The Morgan fingerprint density at radius 1 is 1.24 bits per heavy atom. The highest BCUT2D eigenvalue weighted by atomic mass is 35.5. The zero-order valence-corrected chi connectivity index (χ0v) is 10.7. The molecule has 1 aromatic heterocycles. The summed E-state index contributed by atoms with van der Waals surface area (Å²) in [4.78, 5) is 3.97. The summed E-state index contributed by atoms with van der Waals surface area (Å²) < 4.78 is 0. The number of aliphatic hydroxyl groups is 1. The van der Waals surface area contributed by atoms with Gasteiger partial charge in [-0.05, 0) is 36.3 Å². The molecule has 1 aliphatic rings. The van der Waals surface area contributed by atoms with Crippen LogP contribution in [-0.2, 0) is 0 Å². The van der Waals surface area contributed by atoms with Crippen LogP contribution in [0, 0.1) is 11.8 Å². The maximum absolute atomic E-state index is 9.22. The van der Waals surface area contributed by atoms with Gasteiger partial charge in [0.15, 0.2) is 11.0 Å². The number of halogens is 2. The fraction of sp³-hybridized carbons (Fsp3) is 0.700. The predicted octanol–water partition coefficient (Wildman–Crippen LogP) is 2.00. The van der Waals surface area contributed by atoms with E-state index in [9.17, 15) is 5.11 Å². The summed E-state index contributed by atoms with van der Waals surface area (Å²) in [5.74, 6) is 1.27. The Bertz CT molecular complexity index is 391. The van der Waals surface area contributed by atoms with Gasteiger partial charge in [-0.15, -0.1) is 10.2 Å². The Kier molecular flexibility index (Phi) is 4.36. The van der Waals surface area contributed by atoms with Crippen LogP contribution < -0.4 is 5.32 Å². The van der Waals surface area contributed by atoms with Gasteiger partial charge in [0.05, 0.1) is 0 Å². The van der Waals surface area contributed by atoms with Crippen LogP contribution in [0.25, 0.3) is 0 Å². The molecule has 5 nitrogen and oxygen atoms in total. The number of aliphatic hydroxyl groups excluding tert-OH is 1. The van der Waals surface area contributed by atoms with Crippen LogP contribution in [0.3, 0.4) is 0 Å². The van der Waals surface area contributed by atoms with Crippen molar-refractivity contribution in [3.05, 3.63) is 10.4 Å². The molecule has 1 aliphatic carbocycles. The fourth-order valence-corrected chi connectivity index (χ4v) is 2.53. The second-order valence-electron chi connectivity index (χ2n) is 4.23. The van der Waals surface area contributed by atoms with Crippen molar-refractivity contribution in [1.82, 2.24) is 15.2 Å². The van der Waals surface area contributed by atoms with Gasteiger partial charge in [0.25, 0.3) is 0 Å². The quantitative estimate of drug-likeness (QED) is 0.880. The molecule has 0 radical (unpaired) electrons. The molecule has 0 bridgehead atoms. The average Bonchev–Trinajstić information content (AvgIpc) is 2.77. The molecule has 1 saturated carbocycles. The number of hydrogen-bond donors (Lipinski definition) is 2. The number of anilines is 1. The molecule has 94 valence electrons. The van der Waals surface area contributed by atoms with Crippen molar-refractivity contribution in [2.24, 2.45) is 11.8 Å². The van der Waals surface area contributed by atoms with Crippen molar-refractivity contribution in [2.45, 2.75) is 19.3 Å². The molecule has 0 saturated heterocycles. The summed E-state index contributed by atoms with van der Waals surface area (Å²) >= 11 is 11.5. The van der Waals surface area contributed by atoms with E-state index in [2.05, 4.69) is 20.5 Å². The first-order valence-corrected chi connectivity index (χ1v) is 6.36. The van der Waals surface area contributed by atoms with E-state index in [4.69, 9.17) is 23.2 Å². The highest BCUT2D eigenvalue weighted by Crippen LogP contribution is 2.31. The summed E-state index contributed by atoms with van der Waals surface area (Å²) in [6.07, 6.45) is 3.36. The van der Waals surface area contributed by atoms with Gasteiger partial charge >= 0.3 is 0 Å². The Morgan fingerprint density at radius 2 is 2.00 bits per heavy atom. The third-order valence-electron chi connectivity index (χ3n) is 3.20. The van der Waals surface area contributed by atoms with Crippen molar-refractivity contribution in [1.29, 1.82) is 0 Å². The van der Waals surface area contributed by atoms with Crippen LogP contribution in [0.5, 0.6) is 0 Å². The summed E-state index contributed by atoms with van der Waals surface area (Å²) in [6, 6.07) is 0. The van der Waals surface area contributed by atoms with Crippen molar-refractivity contribution >= 4 is 29.0 Å². The fourth-order valence-electron chi connectivity index (χ4n) is 2.26. The van der Waals surface area contributed by atoms with Gasteiger partial charge in [-0.2, -0.15) is 4.98 Å². The van der Waals surface area contributed by atoms with Crippen molar-refractivity contribution < 1.29 is 5.11 Å². The molecule has 0 spiro atoms. The van der Waals surface area contributed by atoms with Crippen LogP contribution in [-0.4, -0.2) is 33.4 Å². The van der Waals surface area contributed by atoms with E-state index in [1.165, 1.54) is 0 Å². The maximum Gasteiger partial charge on any atom is 0.245 e. The molecule has 0 amide bonds. The molecule has 0 aromatic carbocycles. The average molecular weight is 277 g/mol. The van der Waals surface area contributed by atoms with Crippen LogP contribution >= 0.6 is 23.2 Å². The standard InChI is InChI=1S/C10H14Cl2N4O/c11-8-9(14-10(12)16-15-8)13-4-6-2-1-3-7(6)5-17/h6-7,17H,1-5H2,(H,13,14,16). The largest absolute Gasteiger partial charge is 0.396 e. The lowest BCUT2D eigenvalue weighted by Crippen LogP contribution is -2.21. The van der Waals surface area contributed by atoms with Crippen molar-refractivity contribution in [2.75, 3.05) is 18.5 Å². The number of aromatic nitrogens is 3. The zero-order chi connectivity index (χ0) is 12.3. The Morgan fingerprint density at radius 3 is 2.76 bits per heavy atom. The van der Waals surface area contributed by atoms with Crippen LogP contribution in [0.2, 0.25) is 10.4 Å². The van der Waals surface area contributed by atoms with Gasteiger partial charge in [0.2, 0.25) is 5.28 Å². The number of nitrogens with one attached hydrogen (secondary N) is 1. The number of nitrogens with zero attached hydrogens (tertiary/aromatic N) is 3. The molecule has 0 aliphatic heterocycles. The topological polar surface area (TPSA) is 70.9 Å². The predicted molar refractivity (Wildman–Crippen MR) is 66.3 cm³/mol. The zero-order valence-electron chi connectivity index (χ0n) is 9.24. The maximum atomic E-state index is 9.22. The highest BCUT2D eigenvalue weighted by molar-refractivity contribution is 6.32. The third-order valence-corrected chi connectivity index (χ3v) is 3.62. The van der Waals surface area contributed by atoms with Gasteiger partial charge in [-0.1, -0.05) is 18.0 Å². The van der Waals surface area contributed by atoms with Gasteiger partial charge in [-0.25, -0.2) is 0 Å². The monoisotopic (exact) mass is 276 g/mol. The Balaban J connectivity index is 1.95. The van der Waals surface area contributed by atoms with Gasteiger partial charge < -0.3 is 10.4 Å². The van der Waals surface area contributed by atoms with E-state index >= 15 is 0 Å². The minimum atomic E-state index is 0.0713. The minimum absolute atomic E-state index is 0.0713. The van der Waals surface area contributed by atoms with Gasteiger partial charge in [0, 0.05) is 13.2 Å². The van der Waals surface area contributed by atoms with Crippen molar-refractivity contribution in [3.8, 4) is 0 Å². The van der Waals surface area contributed by atoms with Gasteiger partial charge in [-0.3, -0.25) is 0 Å². The molecule has 7 heteroatoms. The summed E-state index contributed by atoms with van der Waals surface area (Å²) in [5.41, 5.74) is 0. The molecule has 17 heavy (non-hydrogen) atoms. The molecule has 2 N–H and O–H groups in total. The molecule has 1 fully saturated rings. The normalized spacial score (nSPS) is 23.9. The lowest BCUT2D eigenvalue weighted by atomic mass is 9.97. The minimum Gasteiger partial charge on any atom is -0.396 e. The molecular formula is C10H14Cl2N4O. The first-order valence-electron chi connectivity index (χ1n) is 5.61. The Labute approximate surface area is 110 Å². The summed E-state index contributed by atoms with van der Waals surface area (Å²) in [5, 5.41) is 19.8. The first-order chi connectivity index (χ1) is 8.20. The first kappa shape index (κ1) is 12.8. The van der Waals surface area contributed by atoms with E-state index in [-0.39, 0.29) is 17.0 Å². The number of rotatable bonds is 4. The van der Waals surface area contributed by atoms with E-state index in [0.717, 1.165) is 25.8 Å².